The maximum absolute atomic E-state index is 13.4. The predicted octanol–water partition coefficient (Wildman–Crippen LogP) is 4.88. The predicted molar refractivity (Wildman–Crippen MR) is 120 cm³/mol. The van der Waals surface area contributed by atoms with Crippen LogP contribution in [-0.2, 0) is 9.59 Å². The van der Waals surface area contributed by atoms with Crippen molar-refractivity contribution < 1.29 is 14.3 Å². The van der Waals surface area contributed by atoms with Crippen LogP contribution in [-0.4, -0.2) is 36.4 Å². The quantitative estimate of drug-likeness (QED) is 0.528. The molecule has 0 unspecified atom stereocenters. The zero-order chi connectivity index (χ0) is 21.5. The summed E-state index contributed by atoms with van der Waals surface area (Å²) in [5, 5.41) is 0. The molecule has 0 aliphatic carbocycles. The Kier molecular flexibility index (Phi) is 7.28. The smallest absolute Gasteiger partial charge is 0.278 e. The molecule has 0 saturated carbocycles. The number of amides is 2. The molecule has 0 radical (unpaired) electrons. The normalized spacial score (nSPS) is 13.9. The Morgan fingerprint density at radius 2 is 1.57 bits per heavy atom. The van der Waals surface area contributed by atoms with Gasteiger partial charge < -0.3 is 9.64 Å². The van der Waals surface area contributed by atoms with Gasteiger partial charge >= 0.3 is 0 Å². The van der Waals surface area contributed by atoms with Crippen LogP contribution in [0, 0.1) is 0 Å². The maximum Gasteiger partial charge on any atom is 0.278 e. The minimum absolute atomic E-state index is 0.222. The summed E-state index contributed by atoms with van der Waals surface area (Å²) in [6, 6.07) is 17.2. The third-order valence-corrected chi connectivity index (χ3v) is 5.15. The number of hydrogen-bond acceptors (Lipinski definition) is 4. The molecule has 2 aromatic rings. The second-order valence-electron chi connectivity index (χ2n) is 7.29. The summed E-state index contributed by atoms with van der Waals surface area (Å²) < 4.78 is 5.67. The second-order valence-corrected chi connectivity index (χ2v) is 7.29. The Bertz CT molecular complexity index is 904. The highest BCUT2D eigenvalue weighted by Crippen LogP contribution is 2.34. The van der Waals surface area contributed by atoms with E-state index in [0.29, 0.717) is 31.0 Å². The topological polar surface area (TPSA) is 49.9 Å². The molecule has 0 fully saturated rings. The zero-order valence-electron chi connectivity index (χ0n) is 18.1. The standard InChI is InChI=1S/C25H30N2O3/c1-4-7-17-27-24(28)22(19-13-15-21(16-14-19)30-18-5-2)23(25(27)29)26(6-3)20-11-9-8-10-12-20/h8-16H,4-7,17-18H2,1-3H3. The molecule has 158 valence electrons. The van der Waals surface area contributed by atoms with Crippen LogP contribution in [0.3, 0.4) is 0 Å². The first kappa shape index (κ1) is 21.6. The average Bonchev–Trinajstić information content (AvgIpc) is 3.02. The SMILES string of the molecule is CCCCN1C(=O)C(c2ccc(OCCC)cc2)=C(N(CC)c2ccccc2)C1=O. The number of unbranched alkanes of at least 4 members (excludes halogenated alkanes) is 1. The van der Waals surface area contributed by atoms with Crippen LogP contribution in [0.5, 0.6) is 5.75 Å². The highest BCUT2D eigenvalue weighted by atomic mass is 16.5. The fourth-order valence-corrected chi connectivity index (χ4v) is 3.61. The molecule has 5 nitrogen and oxygen atoms in total. The summed E-state index contributed by atoms with van der Waals surface area (Å²) in [4.78, 5) is 30.0. The number of ether oxygens (including phenoxy) is 1. The van der Waals surface area contributed by atoms with E-state index < -0.39 is 0 Å². The Balaban J connectivity index is 2.06. The minimum atomic E-state index is -0.222. The van der Waals surface area contributed by atoms with Crippen molar-refractivity contribution in [2.24, 2.45) is 0 Å². The van der Waals surface area contributed by atoms with E-state index in [1.807, 2.05) is 66.4 Å². The minimum Gasteiger partial charge on any atom is -0.494 e. The first-order valence-electron chi connectivity index (χ1n) is 10.8. The molecular weight excluding hydrogens is 376 g/mol. The fraction of sp³-hybridized carbons (Fsp3) is 0.360. The lowest BCUT2D eigenvalue weighted by molar-refractivity contribution is -0.136. The van der Waals surface area contributed by atoms with Crippen LogP contribution < -0.4 is 9.64 Å². The Morgan fingerprint density at radius 1 is 0.867 bits per heavy atom. The molecule has 2 amide bonds. The van der Waals surface area contributed by atoms with Crippen LogP contribution in [0.4, 0.5) is 5.69 Å². The largest absolute Gasteiger partial charge is 0.494 e. The van der Waals surface area contributed by atoms with Gasteiger partial charge in [0.2, 0.25) is 0 Å². The lowest BCUT2D eigenvalue weighted by Crippen LogP contribution is -2.36. The van der Waals surface area contributed by atoms with Gasteiger partial charge in [-0.1, -0.05) is 50.6 Å². The van der Waals surface area contributed by atoms with Crippen molar-refractivity contribution in [3.8, 4) is 5.75 Å². The highest BCUT2D eigenvalue weighted by molar-refractivity contribution is 6.36. The molecule has 0 bridgehead atoms. The number of anilines is 1. The molecule has 0 atom stereocenters. The van der Waals surface area contributed by atoms with Crippen molar-refractivity contribution in [1.29, 1.82) is 0 Å². The number of nitrogens with zero attached hydrogens (tertiary/aromatic N) is 2. The molecule has 0 spiro atoms. The molecule has 0 N–H and O–H groups in total. The van der Waals surface area contributed by atoms with Gasteiger partial charge in [-0.05, 0) is 49.6 Å². The summed E-state index contributed by atoms with van der Waals surface area (Å²) in [5.41, 5.74) is 2.55. The number of carbonyl (C=O) groups excluding carboxylic acids is 2. The number of rotatable bonds is 10. The summed E-state index contributed by atoms with van der Waals surface area (Å²) in [7, 11) is 0. The molecule has 2 aromatic carbocycles. The number of imide groups is 1. The van der Waals surface area contributed by atoms with E-state index in [1.165, 1.54) is 4.90 Å². The monoisotopic (exact) mass is 406 g/mol. The third kappa shape index (κ3) is 4.40. The summed E-state index contributed by atoms with van der Waals surface area (Å²) in [5.74, 6) is 0.318. The van der Waals surface area contributed by atoms with Crippen LogP contribution in [0.2, 0.25) is 0 Å². The number of carbonyl (C=O) groups is 2. The lowest BCUT2D eigenvalue weighted by atomic mass is 10.0. The fourth-order valence-electron chi connectivity index (χ4n) is 3.61. The van der Waals surface area contributed by atoms with E-state index in [1.54, 1.807) is 0 Å². The first-order chi connectivity index (χ1) is 14.6. The van der Waals surface area contributed by atoms with Gasteiger partial charge in [-0.15, -0.1) is 0 Å². The first-order valence-corrected chi connectivity index (χ1v) is 10.8. The number of hydrogen-bond donors (Lipinski definition) is 0. The maximum atomic E-state index is 13.4. The number of likely N-dealkylation sites (N-methyl/N-ethyl adjacent to an activating group) is 1. The van der Waals surface area contributed by atoms with E-state index in [-0.39, 0.29) is 11.8 Å². The lowest BCUT2D eigenvalue weighted by Gasteiger charge is -2.25. The van der Waals surface area contributed by atoms with Gasteiger partial charge in [0.15, 0.2) is 0 Å². The average molecular weight is 407 g/mol. The Labute approximate surface area is 178 Å². The molecule has 1 aliphatic rings. The van der Waals surface area contributed by atoms with Crippen LogP contribution in [0.15, 0.2) is 60.3 Å². The number of benzene rings is 2. The highest BCUT2D eigenvalue weighted by Gasteiger charge is 2.41. The van der Waals surface area contributed by atoms with Gasteiger partial charge in [0, 0.05) is 18.8 Å². The van der Waals surface area contributed by atoms with Crippen molar-refractivity contribution in [3.05, 3.63) is 65.9 Å². The molecule has 3 rings (SSSR count). The van der Waals surface area contributed by atoms with Gasteiger partial charge in [0.1, 0.15) is 11.4 Å². The van der Waals surface area contributed by atoms with E-state index in [2.05, 4.69) is 13.8 Å². The second kappa shape index (κ2) is 10.1. The van der Waals surface area contributed by atoms with Gasteiger partial charge in [-0.25, -0.2) is 0 Å². The number of para-hydroxylation sites is 1. The van der Waals surface area contributed by atoms with Crippen LogP contribution >= 0.6 is 0 Å². The van der Waals surface area contributed by atoms with E-state index >= 15 is 0 Å². The van der Waals surface area contributed by atoms with Crippen molar-refractivity contribution >= 4 is 23.1 Å². The van der Waals surface area contributed by atoms with Gasteiger partial charge in [0.25, 0.3) is 11.8 Å². The summed E-state index contributed by atoms with van der Waals surface area (Å²) in [6.07, 6.45) is 2.64. The third-order valence-electron chi connectivity index (χ3n) is 5.15. The summed E-state index contributed by atoms with van der Waals surface area (Å²) >= 11 is 0. The van der Waals surface area contributed by atoms with E-state index in [4.69, 9.17) is 4.74 Å². The van der Waals surface area contributed by atoms with Crippen molar-refractivity contribution in [2.45, 2.75) is 40.0 Å². The van der Waals surface area contributed by atoms with Crippen molar-refractivity contribution in [3.63, 3.8) is 0 Å². The van der Waals surface area contributed by atoms with Crippen molar-refractivity contribution in [2.75, 3.05) is 24.6 Å². The molecule has 0 aromatic heterocycles. The van der Waals surface area contributed by atoms with Crippen molar-refractivity contribution in [1.82, 2.24) is 4.90 Å². The molecule has 30 heavy (non-hydrogen) atoms. The Morgan fingerprint density at radius 3 is 2.17 bits per heavy atom. The molecular formula is C25H30N2O3. The van der Waals surface area contributed by atoms with Gasteiger partial charge in [0.05, 0.1) is 12.2 Å². The Hall–Kier alpha value is -3.08. The molecule has 1 aliphatic heterocycles. The molecule has 0 saturated heterocycles. The van der Waals surface area contributed by atoms with E-state index in [0.717, 1.165) is 36.3 Å². The van der Waals surface area contributed by atoms with E-state index in [9.17, 15) is 9.59 Å². The van der Waals surface area contributed by atoms with Gasteiger partial charge in [-0.3, -0.25) is 14.5 Å². The molecule has 5 heteroatoms. The van der Waals surface area contributed by atoms with Gasteiger partial charge in [-0.2, -0.15) is 0 Å². The van der Waals surface area contributed by atoms with Crippen LogP contribution in [0.1, 0.15) is 45.6 Å². The molecule has 1 heterocycles. The zero-order valence-corrected chi connectivity index (χ0v) is 18.1. The van der Waals surface area contributed by atoms with Crippen LogP contribution in [0.25, 0.3) is 5.57 Å². The summed E-state index contributed by atoms with van der Waals surface area (Å²) in [6.45, 7) is 7.77.